The summed E-state index contributed by atoms with van der Waals surface area (Å²) in [4.78, 5) is 10.9. The average molecular weight is 294 g/mol. The highest BCUT2D eigenvalue weighted by atomic mass is 16.6. The number of carbonyl (C=O) groups excluding carboxylic acids is 1. The Morgan fingerprint density at radius 3 is 2.33 bits per heavy atom. The van der Waals surface area contributed by atoms with E-state index >= 15 is 0 Å². The second kappa shape index (κ2) is 6.35. The number of hydrogen-bond donors (Lipinski definition) is 0. The molecule has 1 aromatic rings. The molecule has 116 valence electrons. The third-order valence-electron chi connectivity index (χ3n) is 3.59. The molecule has 21 heavy (non-hydrogen) atoms. The highest BCUT2D eigenvalue weighted by molar-refractivity contribution is 5.78. The summed E-state index contributed by atoms with van der Waals surface area (Å²) in [5.41, 5.74) is 0.387. The smallest absolute Gasteiger partial charge is 0.203 e. The molecule has 1 heterocycles. The zero-order valence-corrected chi connectivity index (χ0v) is 13.0. The Morgan fingerprint density at radius 1 is 1.29 bits per heavy atom. The number of rotatable bonds is 6. The van der Waals surface area contributed by atoms with Gasteiger partial charge in [0.2, 0.25) is 5.75 Å². The van der Waals surface area contributed by atoms with E-state index in [-0.39, 0.29) is 11.7 Å². The Balaban J connectivity index is 2.13. The van der Waals surface area contributed by atoms with Crippen LogP contribution in [0.5, 0.6) is 17.2 Å². The summed E-state index contributed by atoms with van der Waals surface area (Å²) in [6.07, 6.45) is 2.78. The third kappa shape index (κ3) is 3.67. The first-order valence-corrected chi connectivity index (χ1v) is 7.01. The molecular formula is C16H22O5. The van der Waals surface area contributed by atoms with E-state index in [1.54, 1.807) is 12.1 Å². The van der Waals surface area contributed by atoms with E-state index in [2.05, 4.69) is 13.8 Å². The first kappa shape index (κ1) is 15.6. The first-order chi connectivity index (χ1) is 9.99. The molecule has 0 spiro atoms. The molecule has 1 unspecified atom stereocenters. The van der Waals surface area contributed by atoms with Crippen molar-refractivity contribution in [1.82, 2.24) is 0 Å². The van der Waals surface area contributed by atoms with E-state index < -0.39 is 0 Å². The van der Waals surface area contributed by atoms with E-state index in [0.717, 1.165) is 19.1 Å². The summed E-state index contributed by atoms with van der Waals surface area (Å²) < 4.78 is 22.3. The van der Waals surface area contributed by atoms with Crippen molar-refractivity contribution in [3.8, 4) is 17.2 Å². The number of hydrogen-bond acceptors (Lipinski definition) is 5. The summed E-state index contributed by atoms with van der Waals surface area (Å²) in [5, 5.41) is 0. The number of methoxy groups -OCH3 is 2. The van der Waals surface area contributed by atoms with Crippen LogP contribution in [0.25, 0.3) is 0 Å². The molecule has 0 bridgehead atoms. The summed E-state index contributed by atoms with van der Waals surface area (Å²) in [6.45, 7) is 4.58. The van der Waals surface area contributed by atoms with Gasteiger partial charge in [0.1, 0.15) is 12.9 Å². The maximum absolute atomic E-state index is 10.9. The Hall–Kier alpha value is -1.75. The van der Waals surface area contributed by atoms with Crippen molar-refractivity contribution >= 4 is 6.29 Å². The highest BCUT2D eigenvalue weighted by Crippen LogP contribution is 2.39. The van der Waals surface area contributed by atoms with Crippen molar-refractivity contribution in [3.05, 3.63) is 17.7 Å². The molecule has 0 radical (unpaired) electrons. The van der Waals surface area contributed by atoms with Crippen LogP contribution in [0.1, 0.15) is 37.0 Å². The molecule has 0 aliphatic carbocycles. The lowest BCUT2D eigenvalue weighted by molar-refractivity contribution is -0.0331. The minimum Gasteiger partial charge on any atom is -0.493 e. The molecule has 1 atom stereocenters. The number of aldehydes is 1. The summed E-state index contributed by atoms with van der Waals surface area (Å²) in [7, 11) is 3.07. The van der Waals surface area contributed by atoms with Crippen LogP contribution in [-0.4, -0.2) is 38.8 Å². The number of ether oxygens (including phenoxy) is 4. The zero-order valence-electron chi connectivity index (χ0n) is 13.0. The molecule has 1 saturated heterocycles. The van der Waals surface area contributed by atoms with E-state index in [4.69, 9.17) is 18.9 Å². The second-order valence-electron chi connectivity index (χ2n) is 5.72. The van der Waals surface area contributed by atoms with Crippen LogP contribution in [0.15, 0.2) is 12.1 Å². The van der Waals surface area contributed by atoms with Gasteiger partial charge in [0.25, 0.3) is 0 Å². The standard InChI is InChI=1S/C16H22O5/c1-16(2)6-5-12(21-16)10-20-15-13(18-3)7-11(9-17)8-14(15)19-4/h7-9,12H,5-6,10H2,1-4H3. The van der Waals surface area contributed by atoms with Crippen molar-refractivity contribution in [1.29, 1.82) is 0 Å². The summed E-state index contributed by atoms with van der Waals surface area (Å²) in [6, 6.07) is 3.26. The molecule has 0 aromatic heterocycles. The first-order valence-electron chi connectivity index (χ1n) is 7.01. The van der Waals surface area contributed by atoms with Crippen molar-refractivity contribution in [2.75, 3.05) is 20.8 Å². The second-order valence-corrected chi connectivity index (χ2v) is 5.72. The minimum atomic E-state index is -0.0937. The van der Waals surface area contributed by atoms with Gasteiger partial charge in [-0.25, -0.2) is 0 Å². The predicted molar refractivity (Wildman–Crippen MR) is 78.6 cm³/mol. The van der Waals surface area contributed by atoms with Gasteiger partial charge in [-0.05, 0) is 38.8 Å². The molecule has 0 amide bonds. The molecule has 5 nitrogen and oxygen atoms in total. The van der Waals surface area contributed by atoms with Gasteiger partial charge in [-0.1, -0.05) is 0 Å². The van der Waals surface area contributed by atoms with Gasteiger partial charge in [-0.15, -0.1) is 0 Å². The van der Waals surface area contributed by atoms with Gasteiger partial charge in [0, 0.05) is 5.56 Å². The molecule has 0 saturated carbocycles. The highest BCUT2D eigenvalue weighted by Gasteiger charge is 2.32. The van der Waals surface area contributed by atoms with Crippen molar-refractivity contribution < 1.29 is 23.7 Å². The van der Waals surface area contributed by atoms with Crippen LogP contribution >= 0.6 is 0 Å². The number of benzene rings is 1. The fourth-order valence-electron chi connectivity index (χ4n) is 2.48. The minimum absolute atomic E-state index is 0.0557. The lowest BCUT2D eigenvalue weighted by Crippen LogP contribution is -2.24. The summed E-state index contributed by atoms with van der Waals surface area (Å²) >= 11 is 0. The average Bonchev–Trinajstić information content (AvgIpc) is 2.83. The van der Waals surface area contributed by atoms with E-state index in [0.29, 0.717) is 29.4 Å². The zero-order chi connectivity index (χ0) is 15.5. The van der Waals surface area contributed by atoms with Gasteiger partial charge in [0.05, 0.1) is 25.9 Å². The Labute approximate surface area is 125 Å². The van der Waals surface area contributed by atoms with Crippen LogP contribution in [0.4, 0.5) is 0 Å². The summed E-state index contributed by atoms with van der Waals surface area (Å²) in [5.74, 6) is 1.46. The Bertz CT molecular complexity index is 484. The Kier molecular flexibility index (Phi) is 4.73. The van der Waals surface area contributed by atoms with E-state index in [1.807, 2.05) is 0 Å². The van der Waals surface area contributed by atoms with Crippen LogP contribution < -0.4 is 14.2 Å². The van der Waals surface area contributed by atoms with Gasteiger partial charge in [-0.2, -0.15) is 0 Å². The molecule has 1 aromatic carbocycles. The number of carbonyl (C=O) groups is 1. The molecule has 1 aliphatic heterocycles. The maximum atomic E-state index is 10.9. The van der Waals surface area contributed by atoms with Gasteiger partial charge < -0.3 is 18.9 Å². The van der Waals surface area contributed by atoms with Crippen molar-refractivity contribution in [2.24, 2.45) is 0 Å². The lowest BCUT2D eigenvalue weighted by Gasteiger charge is -2.20. The molecule has 1 aliphatic rings. The van der Waals surface area contributed by atoms with Crippen LogP contribution in [0.2, 0.25) is 0 Å². The quantitative estimate of drug-likeness (QED) is 0.755. The maximum Gasteiger partial charge on any atom is 0.203 e. The van der Waals surface area contributed by atoms with Crippen molar-refractivity contribution in [3.63, 3.8) is 0 Å². The molecule has 1 fully saturated rings. The van der Waals surface area contributed by atoms with Crippen molar-refractivity contribution in [2.45, 2.75) is 38.4 Å². The van der Waals surface area contributed by atoms with E-state index in [1.165, 1.54) is 14.2 Å². The van der Waals surface area contributed by atoms with Crippen LogP contribution in [0, 0.1) is 0 Å². The fourth-order valence-corrected chi connectivity index (χ4v) is 2.48. The molecule has 0 N–H and O–H groups in total. The predicted octanol–water partition coefficient (Wildman–Crippen LogP) is 2.85. The Morgan fingerprint density at radius 2 is 1.90 bits per heavy atom. The normalized spacial score (nSPS) is 20.1. The van der Waals surface area contributed by atoms with Gasteiger partial charge in [0.15, 0.2) is 11.5 Å². The van der Waals surface area contributed by atoms with Gasteiger partial charge >= 0.3 is 0 Å². The molecule has 2 rings (SSSR count). The monoisotopic (exact) mass is 294 g/mol. The largest absolute Gasteiger partial charge is 0.493 e. The lowest BCUT2D eigenvalue weighted by atomic mass is 10.1. The van der Waals surface area contributed by atoms with Crippen LogP contribution in [-0.2, 0) is 4.74 Å². The molecular weight excluding hydrogens is 272 g/mol. The third-order valence-corrected chi connectivity index (χ3v) is 3.59. The van der Waals surface area contributed by atoms with Crippen LogP contribution in [0.3, 0.4) is 0 Å². The van der Waals surface area contributed by atoms with Gasteiger partial charge in [-0.3, -0.25) is 4.79 Å². The fraction of sp³-hybridized carbons (Fsp3) is 0.562. The van der Waals surface area contributed by atoms with E-state index in [9.17, 15) is 4.79 Å². The molecule has 5 heteroatoms. The SMILES string of the molecule is COc1cc(C=O)cc(OC)c1OCC1CCC(C)(C)O1. The topological polar surface area (TPSA) is 54.0 Å².